The Morgan fingerprint density at radius 3 is 2.18 bits per heavy atom. The van der Waals surface area contributed by atoms with Crippen LogP contribution in [0.15, 0.2) is 97.2 Å². The van der Waals surface area contributed by atoms with Crippen molar-refractivity contribution in [1.29, 1.82) is 0 Å². The molecule has 1 aliphatic heterocycles. The molecule has 0 radical (unpaired) electrons. The van der Waals surface area contributed by atoms with E-state index < -0.39 is 6.04 Å². The van der Waals surface area contributed by atoms with Gasteiger partial charge in [0.1, 0.15) is 18.4 Å². The normalized spacial score (nSPS) is 15.1. The van der Waals surface area contributed by atoms with Gasteiger partial charge in [-0.15, -0.1) is 0 Å². The quantitative estimate of drug-likeness (QED) is 0.286. The molecule has 0 saturated heterocycles. The van der Waals surface area contributed by atoms with Crippen molar-refractivity contribution in [3.8, 4) is 5.69 Å². The Morgan fingerprint density at radius 2 is 1.53 bits per heavy atom. The molecule has 0 fully saturated rings. The number of rotatable bonds is 7. The van der Waals surface area contributed by atoms with Gasteiger partial charge in [0.15, 0.2) is 0 Å². The van der Waals surface area contributed by atoms with Crippen LogP contribution in [-0.4, -0.2) is 33.9 Å². The van der Waals surface area contributed by atoms with Gasteiger partial charge >= 0.3 is 0 Å². The van der Waals surface area contributed by atoms with E-state index in [4.69, 9.17) is 0 Å². The summed E-state index contributed by atoms with van der Waals surface area (Å²) in [6.45, 7) is 5.81. The molecule has 2 unspecified atom stereocenters. The smallest absolute Gasteiger partial charge is 0.247 e. The van der Waals surface area contributed by atoms with Crippen LogP contribution < -0.4 is 4.90 Å². The highest BCUT2D eigenvalue weighted by Crippen LogP contribution is 2.42. The minimum atomic E-state index is -0.465. The topological polar surface area (TPSA) is 45.6 Å². The van der Waals surface area contributed by atoms with Gasteiger partial charge in [0.25, 0.3) is 0 Å². The summed E-state index contributed by atoms with van der Waals surface area (Å²) in [6.07, 6.45) is 2.61. The van der Waals surface area contributed by atoms with Crippen molar-refractivity contribution in [3.63, 3.8) is 0 Å². The number of halogens is 1. The highest BCUT2D eigenvalue weighted by atomic mass is 19.1. The molecule has 2 heterocycles. The first kappa shape index (κ1) is 25.5. The van der Waals surface area contributed by atoms with E-state index in [1.54, 1.807) is 21.9 Å². The van der Waals surface area contributed by atoms with Gasteiger partial charge in [-0.2, -0.15) is 0 Å². The van der Waals surface area contributed by atoms with E-state index >= 15 is 0 Å². The highest BCUT2D eigenvalue weighted by Gasteiger charge is 2.38. The summed E-state index contributed by atoms with van der Waals surface area (Å²) in [7, 11) is 0. The fraction of sp³-hybridized carbons (Fsp3) is 0.250. The summed E-state index contributed by atoms with van der Waals surface area (Å²) in [5.74, 6) is -0.912. The van der Waals surface area contributed by atoms with Crippen LogP contribution in [0.1, 0.15) is 56.0 Å². The number of amides is 2. The number of fused-ring (bicyclic) bond motifs is 3. The van der Waals surface area contributed by atoms with E-state index in [2.05, 4.69) is 4.57 Å². The second kappa shape index (κ2) is 10.7. The average Bonchev–Trinajstić information content (AvgIpc) is 3.42. The van der Waals surface area contributed by atoms with E-state index in [1.165, 1.54) is 12.1 Å². The van der Waals surface area contributed by atoms with Crippen LogP contribution in [0.5, 0.6) is 0 Å². The predicted molar refractivity (Wildman–Crippen MR) is 148 cm³/mol. The lowest BCUT2D eigenvalue weighted by Gasteiger charge is -2.40. The van der Waals surface area contributed by atoms with Gasteiger partial charge in [0.05, 0.1) is 23.0 Å². The summed E-state index contributed by atoms with van der Waals surface area (Å²) in [5.41, 5.74) is 4.29. The van der Waals surface area contributed by atoms with Gasteiger partial charge in [0, 0.05) is 12.2 Å². The maximum atomic E-state index is 14.3. The van der Waals surface area contributed by atoms with E-state index in [1.807, 2.05) is 93.7 Å². The lowest BCUT2D eigenvalue weighted by atomic mass is 9.94. The third-order valence-electron chi connectivity index (χ3n) is 7.29. The molecule has 5 nitrogen and oxygen atoms in total. The standard InChI is InChI=1S/C32H32FN3O2/c1-4-26(23-11-6-5-7-12-23)32(38)35(22(2)3)21-30(37)36-28-14-9-8-13-27(28)34-20-10-15-29(34)31(36)24-16-18-25(33)19-17-24/h5-20,22,26,31H,4,21H2,1-3H3. The van der Waals surface area contributed by atoms with Crippen LogP contribution in [0, 0.1) is 5.82 Å². The summed E-state index contributed by atoms with van der Waals surface area (Å²) in [5, 5.41) is 0. The third-order valence-corrected chi connectivity index (χ3v) is 7.29. The molecule has 6 heteroatoms. The lowest BCUT2D eigenvalue weighted by Crippen LogP contribution is -2.49. The SMILES string of the molecule is CCC(C(=O)N(CC(=O)N1c2ccccc2-n2cccc2C1c1ccc(F)cc1)C(C)C)c1ccccc1. The van der Waals surface area contributed by atoms with Crippen molar-refractivity contribution < 1.29 is 14.0 Å². The summed E-state index contributed by atoms with van der Waals surface area (Å²) >= 11 is 0. The Bertz CT molecular complexity index is 1430. The second-order valence-corrected chi connectivity index (χ2v) is 9.94. The largest absolute Gasteiger partial charge is 0.330 e. The zero-order valence-electron chi connectivity index (χ0n) is 21.9. The number of nitrogens with zero attached hydrogens (tertiary/aromatic N) is 3. The maximum Gasteiger partial charge on any atom is 0.247 e. The molecule has 0 spiro atoms. The molecule has 194 valence electrons. The number of benzene rings is 3. The minimum absolute atomic E-state index is 0.0611. The van der Waals surface area contributed by atoms with Crippen molar-refractivity contribution in [3.05, 3.63) is 120 Å². The van der Waals surface area contributed by atoms with Crippen molar-refractivity contribution >= 4 is 17.5 Å². The Hall–Kier alpha value is -4.19. The van der Waals surface area contributed by atoms with Gasteiger partial charge in [-0.25, -0.2) is 4.39 Å². The first-order valence-electron chi connectivity index (χ1n) is 13.1. The third kappa shape index (κ3) is 4.62. The molecule has 0 N–H and O–H groups in total. The second-order valence-electron chi connectivity index (χ2n) is 9.94. The molecule has 0 aliphatic carbocycles. The fourth-order valence-corrected chi connectivity index (χ4v) is 5.40. The number of anilines is 1. The molecule has 0 bridgehead atoms. The molecule has 38 heavy (non-hydrogen) atoms. The van der Waals surface area contributed by atoms with Gasteiger partial charge in [-0.3, -0.25) is 14.5 Å². The lowest BCUT2D eigenvalue weighted by molar-refractivity contribution is -0.138. The van der Waals surface area contributed by atoms with Gasteiger partial charge < -0.3 is 9.47 Å². The fourth-order valence-electron chi connectivity index (χ4n) is 5.40. The summed E-state index contributed by atoms with van der Waals surface area (Å²) in [4.78, 5) is 31.5. The number of para-hydroxylation sites is 2. The monoisotopic (exact) mass is 509 g/mol. The van der Waals surface area contributed by atoms with Crippen LogP contribution in [0.25, 0.3) is 5.69 Å². The van der Waals surface area contributed by atoms with Crippen LogP contribution in [-0.2, 0) is 9.59 Å². The molecule has 0 saturated carbocycles. The van der Waals surface area contributed by atoms with Crippen LogP contribution in [0.3, 0.4) is 0 Å². The number of carbonyl (C=O) groups excluding carboxylic acids is 2. The summed E-state index contributed by atoms with van der Waals surface area (Å²) in [6, 6.07) is 27.1. The Kier molecular flexibility index (Phi) is 7.14. The number of hydrogen-bond acceptors (Lipinski definition) is 2. The molecular formula is C32H32FN3O2. The first-order chi connectivity index (χ1) is 18.4. The summed E-state index contributed by atoms with van der Waals surface area (Å²) < 4.78 is 15.9. The van der Waals surface area contributed by atoms with Crippen molar-refractivity contribution in [2.75, 3.05) is 11.4 Å². The highest BCUT2D eigenvalue weighted by molar-refractivity contribution is 6.01. The molecule has 2 atom stereocenters. The molecule has 2 amide bonds. The minimum Gasteiger partial charge on any atom is -0.330 e. The van der Waals surface area contributed by atoms with Gasteiger partial charge in [-0.05, 0) is 67.8 Å². The molecule has 1 aromatic heterocycles. The van der Waals surface area contributed by atoms with Crippen molar-refractivity contribution in [2.45, 2.75) is 45.2 Å². The van der Waals surface area contributed by atoms with Crippen molar-refractivity contribution in [2.24, 2.45) is 0 Å². The number of hydrogen-bond donors (Lipinski definition) is 0. The van der Waals surface area contributed by atoms with Crippen LogP contribution in [0.4, 0.5) is 10.1 Å². The van der Waals surface area contributed by atoms with Gasteiger partial charge in [0.2, 0.25) is 11.8 Å². The van der Waals surface area contributed by atoms with E-state index in [0.29, 0.717) is 6.42 Å². The molecule has 1 aliphatic rings. The van der Waals surface area contributed by atoms with Gasteiger partial charge in [-0.1, -0.05) is 61.5 Å². The first-order valence-corrected chi connectivity index (χ1v) is 13.1. The zero-order valence-corrected chi connectivity index (χ0v) is 21.9. The van der Waals surface area contributed by atoms with Crippen molar-refractivity contribution in [1.82, 2.24) is 9.47 Å². The molecular weight excluding hydrogens is 477 g/mol. The van der Waals surface area contributed by atoms with E-state index in [0.717, 1.165) is 28.2 Å². The Balaban J connectivity index is 1.54. The zero-order chi connectivity index (χ0) is 26.8. The number of carbonyl (C=O) groups is 2. The average molecular weight is 510 g/mol. The van der Waals surface area contributed by atoms with E-state index in [9.17, 15) is 14.0 Å². The number of aromatic nitrogens is 1. The Labute approximate surface area is 223 Å². The molecule has 3 aromatic carbocycles. The maximum absolute atomic E-state index is 14.3. The van der Waals surface area contributed by atoms with E-state index in [-0.39, 0.29) is 36.1 Å². The molecule has 4 aromatic rings. The van der Waals surface area contributed by atoms with Crippen LogP contribution >= 0.6 is 0 Å². The molecule has 5 rings (SSSR count). The van der Waals surface area contributed by atoms with Crippen LogP contribution in [0.2, 0.25) is 0 Å². The predicted octanol–water partition coefficient (Wildman–Crippen LogP) is 6.48. The Morgan fingerprint density at radius 1 is 0.868 bits per heavy atom.